The van der Waals surface area contributed by atoms with Gasteiger partial charge in [-0.3, -0.25) is 4.79 Å². The Labute approximate surface area is 147 Å². The maximum absolute atomic E-state index is 13.5. The molecule has 0 spiro atoms. The summed E-state index contributed by atoms with van der Waals surface area (Å²) in [6.07, 6.45) is 1.66. The molecule has 0 radical (unpaired) electrons. The zero-order valence-electron chi connectivity index (χ0n) is 13.0. The summed E-state index contributed by atoms with van der Waals surface area (Å²) in [5.41, 5.74) is 1.31. The summed E-state index contributed by atoms with van der Waals surface area (Å²) in [7, 11) is 0. The first-order valence-corrected chi connectivity index (χ1v) is 7.08. The van der Waals surface area contributed by atoms with Crippen LogP contribution in [0.2, 0.25) is 0 Å². The van der Waals surface area contributed by atoms with Crippen LogP contribution in [0.25, 0.3) is 5.69 Å². The number of tetrazole rings is 1. The Bertz CT molecular complexity index is 991. The van der Waals surface area contributed by atoms with Crippen molar-refractivity contribution in [2.75, 3.05) is 0 Å². The molecular weight excluding hydrogens is 375 g/mol. The highest BCUT2D eigenvalue weighted by atomic mass is 19.2. The van der Waals surface area contributed by atoms with Crippen LogP contribution in [0.4, 0.5) is 22.0 Å². The zero-order valence-corrected chi connectivity index (χ0v) is 13.0. The van der Waals surface area contributed by atoms with Crippen molar-refractivity contribution in [2.45, 2.75) is 0 Å². The van der Waals surface area contributed by atoms with Crippen LogP contribution in [0.1, 0.15) is 15.9 Å². The van der Waals surface area contributed by atoms with Crippen LogP contribution in [0.15, 0.2) is 35.7 Å². The molecule has 138 valence electrons. The molecule has 0 fully saturated rings. The van der Waals surface area contributed by atoms with Crippen molar-refractivity contribution >= 4 is 12.1 Å². The number of carbonyl (C=O) groups excluding carboxylic acids is 1. The second-order valence-corrected chi connectivity index (χ2v) is 4.98. The van der Waals surface area contributed by atoms with Gasteiger partial charge in [0.1, 0.15) is 6.33 Å². The summed E-state index contributed by atoms with van der Waals surface area (Å²) in [5.74, 6) is -11.4. The SMILES string of the molecule is O=C(N/N=C/c1c(F)c(F)c(F)c(F)c1F)c1ccc(-n2cnnn2)cc1. The molecule has 0 bridgehead atoms. The number of halogens is 5. The van der Waals surface area contributed by atoms with Crippen LogP contribution < -0.4 is 5.43 Å². The summed E-state index contributed by atoms with van der Waals surface area (Å²) in [4.78, 5) is 11.9. The minimum atomic E-state index is -2.28. The van der Waals surface area contributed by atoms with Crippen LogP contribution in [0, 0.1) is 29.1 Å². The fourth-order valence-electron chi connectivity index (χ4n) is 2.00. The van der Waals surface area contributed by atoms with E-state index in [0.717, 1.165) is 0 Å². The van der Waals surface area contributed by atoms with Gasteiger partial charge in [0.05, 0.1) is 17.5 Å². The highest BCUT2D eigenvalue weighted by Gasteiger charge is 2.24. The highest BCUT2D eigenvalue weighted by molar-refractivity contribution is 5.95. The van der Waals surface area contributed by atoms with Gasteiger partial charge < -0.3 is 0 Å². The Hall–Kier alpha value is -3.70. The van der Waals surface area contributed by atoms with E-state index in [1.807, 2.05) is 5.43 Å². The van der Waals surface area contributed by atoms with E-state index < -0.39 is 40.6 Å². The van der Waals surface area contributed by atoms with Gasteiger partial charge in [-0.05, 0) is 34.7 Å². The number of nitrogens with one attached hydrogen (secondary N) is 1. The molecule has 0 atom stereocenters. The average molecular weight is 382 g/mol. The van der Waals surface area contributed by atoms with Gasteiger partial charge in [-0.25, -0.2) is 32.1 Å². The van der Waals surface area contributed by atoms with Crippen molar-refractivity contribution in [2.24, 2.45) is 5.10 Å². The topological polar surface area (TPSA) is 85.1 Å². The molecule has 0 aliphatic carbocycles. The van der Waals surface area contributed by atoms with Crippen molar-refractivity contribution in [1.82, 2.24) is 25.6 Å². The molecule has 3 aromatic rings. The van der Waals surface area contributed by atoms with E-state index in [1.165, 1.54) is 35.3 Å². The number of amides is 1. The number of hydrogen-bond acceptors (Lipinski definition) is 5. The molecule has 0 aliphatic rings. The first-order valence-electron chi connectivity index (χ1n) is 7.08. The third-order valence-electron chi connectivity index (χ3n) is 3.35. The van der Waals surface area contributed by atoms with E-state index in [9.17, 15) is 26.7 Å². The predicted molar refractivity (Wildman–Crippen MR) is 80.4 cm³/mol. The molecule has 27 heavy (non-hydrogen) atoms. The van der Waals surface area contributed by atoms with Gasteiger partial charge >= 0.3 is 0 Å². The highest BCUT2D eigenvalue weighted by Crippen LogP contribution is 2.21. The van der Waals surface area contributed by atoms with Crippen molar-refractivity contribution in [3.8, 4) is 5.69 Å². The number of benzene rings is 2. The number of carbonyl (C=O) groups is 1. The maximum atomic E-state index is 13.5. The lowest BCUT2D eigenvalue weighted by molar-refractivity contribution is 0.0955. The Balaban J connectivity index is 1.74. The summed E-state index contributed by atoms with van der Waals surface area (Å²) >= 11 is 0. The number of rotatable bonds is 4. The van der Waals surface area contributed by atoms with Crippen LogP contribution >= 0.6 is 0 Å². The third kappa shape index (κ3) is 3.49. The summed E-state index contributed by atoms with van der Waals surface area (Å²) in [5, 5.41) is 13.8. The molecule has 12 heteroatoms. The van der Waals surface area contributed by atoms with E-state index in [1.54, 1.807) is 0 Å². The van der Waals surface area contributed by atoms with Gasteiger partial charge in [0.2, 0.25) is 5.82 Å². The molecule has 3 rings (SSSR count). The molecule has 0 saturated carbocycles. The van der Waals surface area contributed by atoms with Crippen molar-refractivity contribution in [3.63, 3.8) is 0 Å². The molecule has 1 aromatic heterocycles. The zero-order chi connectivity index (χ0) is 19.6. The van der Waals surface area contributed by atoms with E-state index in [-0.39, 0.29) is 5.56 Å². The number of hydrogen-bond donors (Lipinski definition) is 1. The molecular formula is C15H7F5N6O. The lowest BCUT2D eigenvalue weighted by Crippen LogP contribution is -2.18. The lowest BCUT2D eigenvalue weighted by atomic mass is 10.2. The Morgan fingerprint density at radius 3 is 2.11 bits per heavy atom. The second kappa shape index (κ2) is 7.27. The smallest absolute Gasteiger partial charge is 0.267 e. The summed E-state index contributed by atoms with van der Waals surface area (Å²) < 4.78 is 67.4. The van der Waals surface area contributed by atoms with Gasteiger partial charge in [-0.2, -0.15) is 5.10 Å². The largest absolute Gasteiger partial charge is 0.271 e. The number of nitrogens with zero attached hydrogens (tertiary/aromatic N) is 5. The minimum absolute atomic E-state index is 0.112. The predicted octanol–water partition coefficient (Wildman–Crippen LogP) is 2.12. The van der Waals surface area contributed by atoms with E-state index >= 15 is 0 Å². The summed E-state index contributed by atoms with van der Waals surface area (Å²) in [6.45, 7) is 0. The van der Waals surface area contributed by atoms with Gasteiger partial charge in [-0.1, -0.05) is 0 Å². The van der Waals surface area contributed by atoms with Gasteiger partial charge in [0.25, 0.3) is 5.91 Å². The Morgan fingerprint density at radius 1 is 0.963 bits per heavy atom. The van der Waals surface area contributed by atoms with Crippen LogP contribution in [-0.2, 0) is 0 Å². The van der Waals surface area contributed by atoms with Crippen LogP contribution in [0.5, 0.6) is 0 Å². The van der Waals surface area contributed by atoms with Crippen molar-refractivity contribution in [3.05, 3.63) is 70.8 Å². The summed E-state index contributed by atoms with van der Waals surface area (Å²) in [6, 6.07) is 5.80. The molecule has 1 amide bonds. The standard InChI is InChI=1S/C15H7F5N6O/c16-10-9(11(17)13(19)14(20)12(10)18)5-21-23-15(27)7-1-3-8(4-2-7)26-6-22-24-25-26/h1-6H,(H,23,27)/b21-5+. The molecule has 7 nitrogen and oxygen atoms in total. The molecule has 1 N–H and O–H groups in total. The van der Waals surface area contributed by atoms with Gasteiger partial charge in [-0.15, -0.1) is 5.10 Å². The Kier molecular flexibility index (Phi) is 4.88. The average Bonchev–Trinajstić information content (AvgIpc) is 3.22. The van der Waals surface area contributed by atoms with Gasteiger partial charge in [0, 0.05) is 5.56 Å². The number of aromatic nitrogens is 4. The van der Waals surface area contributed by atoms with E-state index in [0.29, 0.717) is 11.9 Å². The van der Waals surface area contributed by atoms with Crippen LogP contribution in [0.3, 0.4) is 0 Å². The maximum Gasteiger partial charge on any atom is 0.271 e. The first kappa shape index (κ1) is 18.1. The molecule has 0 saturated heterocycles. The number of hydrazone groups is 1. The van der Waals surface area contributed by atoms with Crippen LogP contribution in [-0.4, -0.2) is 32.3 Å². The van der Waals surface area contributed by atoms with E-state index in [2.05, 4.69) is 20.6 Å². The lowest BCUT2D eigenvalue weighted by Gasteiger charge is -2.04. The normalized spacial score (nSPS) is 11.1. The van der Waals surface area contributed by atoms with Crippen molar-refractivity contribution in [1.29, 1.82) is 0 Å². The molecule has 0 aliphatic heterocycles. The second-order valence-electron chi connectivity index (χ2n) is 4.98. The Morgan fingerprint density at radius 2 is 1.56 bits per heavy atom. The fraction of sp³-hybridized carbons (Fsp3) is 0. The third-order valence-corrected chi connectivity index (χ3v) is 3.35. The van der Waals surface area contributed by atoms with E-state index in [4.69, 9.17) is 0 Å². The minimum Gasteiger partial charge on any atom is -0.267 e. The molecule has 1 heterocycles. The van der Waals surface area contributed by atoms with Crippen molar-refractivity contribution < 1.29 is 26.7 Å². The molecule has 2 aromatic carbocycles. The first-order chi connectivity index (χ1) is 12.9. The fourth-order valence-corrected chi connectivity index (χ4v) is 2.00. The quantitative estimate of drug-likeness (QED) is 0.246. The molecule has 0 unspecified atom stereocenters. The van der Waals surface area contributed by atoms with Gasteiger partial charge in [0.15, 0.2) is 23.3 Å². The monoisotopic (exact) mass is 382 g/mol.